The summed E-state index contributed by atoms with van der Waals surface area (Å²) in [6.45, 7) is 19.8. The number of allylic oxidation sites excluding steroid dienone is 5. The van der Waals surface area contributed by atoms with Crippen LogP contribution in [0.25, 0.3) is 11.8 Å². The third-order valence-corrected chi connectivity index (χ3v) is 11.9. The molecule has 1 spiro atoms. The molecule has 6 rings (SSSR count). The maximum absolute atomic E-state index is 15.2. The first-order chi connectivity index (χ1) is 25.3. The topological polar surface area (TPSA) is 160 Å². The molecule has 5 aliphatic rings. The molecule has 2 aliphatic carbocycles. The van der Waals surface area contributed by atoms with Crippen LogP contribution in [0.3, 0.4) is 0 Å². The Labute approximate surface area is 318 Å². The minimum atomic E-state index is -1.32. The van der Waals surface area contributed by atoms with Crippen molar-refractivity contribution < 1.29 is 38.6 Å². The molecular weight excluding hydrogens is 686 g/mol. The first-order valence-electron chi connectivity index (χ1n) is 18.6. The van der Waals surface area contributed by atoms with E-state index in [1.807, 2.05) is 72.3 Å². The Morgan fingerprint density at radius 3 is 2.43 bits per heavy atom. The highest BCUT2D eigenvalue weighted by Crippen LogP contribution is 2.73. The van der Waals surface area contributed by atoms with Crippen molar-refractivity contribution in [2.45, 2.75) is 106 Å². The van der Waals surface area contributed by atoms with E-state index in [1.54, 1.807) is 6.92 Å². The number of rotatable bonds is 10. The van der Waals surface area contributed by atoms with Crippen LogP contribution in [-0.2, 0) is 25.5 Å². The Hall–Kier alpha value is -4.66. The lowest BCUT2D eigenvalue weighted by molar-refractivity contribution is -0.138. The zero-order valence-electron chi connectivity index (χ0n) is 33.3. The standard InChI is InChI=1S/C43H53N3O8/c1-22(2)13-12-17-41(9)18-16-26-33(52-41)25(15-14-23(3)4)34-29(35(26)54-46-49)36-32-30(27(20-44)38(45)51-36)42(10)21-43(32,53-34)31(37(42)47)28(40(6,7)8)19-24(5)39(48)50-11/h13-14,16,18-19,27-28,30-31,45-46,49H,12,15,17,21H2,1-11H3. The highest BCUT2D eigenvalue weighted by atomic mass is 16.8. The summed E-state index contributed by atoms with van der Waals surface area (Å²) >= 11 is 0. The average molecular weight is 740 g/mol. The van der Waals surface area contributed by atoms with Crippen molar-refractivity contribution in [3.05, 3.63) is 63.3 Å². The number of hydrogen-bond acceptors (Lipinski definition) is 11. The molecule has 2 bridgehead atoms. The Balaban J connectivity index is 1.70. The molecule has 2 fully saturated rings. The Kier molecular flexibility index (Phi) is 9.81. The monoisotopic (exact) mass is 739 g/mol. The zero-order valence-corrected chi connectivity index (χ0v) is 33.3. The van der Waals surface area contributed by atoms with Gasteiger partial charge in [-0.05, 0) is 89.9 Å². The zero-order chi connectivity index (χ0) is 39.7. The number of ether oxygens (including phenoxy) is 4. The number of nitrogens with zero attached hydrogens (tertiary/aromatic N) is 1. The molecule has 0 aromatic heterocycles. The summed E-state index contributed by atoms with van der Waals surface area (Å²) in [5, 5.41) is 29.6. The lowest BCUT2D eigenvalue weighted by Crippen LogP contribution is -2.57. The van der Waals surface area contributed by atoms with Gasteiger partial charge in [0.1, 0.15) is 45.7 Å². The minimum Gasteiger partial charge on any atom is -0.482 e. The van der Waals surface area contributed by atoms with E-state index >= 15 is 4.79 Å². The third kappa shape index (κ3) is 5.98. The molecule has 7 unspecified atom stereocenters. The first-order valence-corrected chi connectivity index (χ1v) is 18.6. The van der Waals surface area contributed by atoms with Gasteiger partial charge in [0, 0.05) is 34.5 Å². The van der Waals surface area contributed by atoms with Crippen molar-refractivity contribution in [3.8, 4) is 23.3 Å². The van der Waals surface area contributed by atoms with Crippen molar-refractivity contribution in [1.82, 2.24) is 5.64 Å². The molecular formula is C43H53N3O8. The summed E-state index contributed by atoms with van der Waals surface area (Å²) in [7, 11) is 1.33. The van der Waals surface area contributed by atoms with Crippen LogP contribution in [0.15, 0.2) is 46.6 Å². The number of nitrogens with one attached hydrogen (secondary N) is 2. The van der Waals surface area contributed by atoms with E-state index in [9.17, 15) is 15.3 Å². The van der Waals surface area contributed by atoms with Gasteiger partial charge in [-0.3, -0.25) is 15.4 Å². The second-order valence-corrected chi connectivity index (χ2v) is 17.5. The number of benzene rings is 1. The predicted octanol–water partition coefficient (Wildman–Crippen LogP) is 8.37. The largest absolute Gasteiger partial charge is 0.482 e. The quantitative estimate of drug-likeness (QED) is 0.0921. The van der Waals surface area contributed by atoms with Gasteiger partial charge >= 0.3 is 5.97 Å². The number of fused-ring (bicyclic) bond motifs is 5. The van der Waals surface area contributed by atoms with Gasteiger partial charge in [-0.15, -0.1) is 0 Å². The van der Waals surface area contributed by atoms with Gasteiger partial charge in [0.15, 0.2) is 5.75 Å². The Bertz CT molecular complexity index is 2020. The van der Waals surface area contributed by atoms with Crippen molar-refractivity contribution in [1.29, 1.82) is 10.7 Å². The van der Waals surface area contributed by atoms with Crippen molar-refractivity contribution in [2.75, 3.05) is 7.11 Å². The van der Waals surface area contributed by atoms with E-state index < -0.39 is 51.7 Å². The van der Waals surface area contributed by atoms with Crippen LogP contribution in [0.1, 0.15) is 105 Å². The number of nitriles is 1. The van der Waals surface area contributed by atoms with E-state index in [4.69, 9.17) is 29.2 Å². The van der Waals surface area contributed by atoms with Gasteiger partial charge in [-0.1, -0.05) is 57.1 Å². The normalized spacial score (nSPS) is 29.5. The molecule has 3 aliphatic heterocycles. The predicted molar refractivity (Wildman–Crippen MR) is 203 cm³/mol. The van der Waals surface area contributed by atoms with E-state index in [-0.39, 0.29) is 29.6 Å². The molecule has 54 heavy (non-hydrogen) atoms. The van der Waals surface area contributed by atoms with Gasteiger partial charge in [0.2, 0.25) is 5.90 Å². The summed E-state index contributed by atoms with van der Waals surface area (Å²) in [6.07, 6.45) is 12.1. The number of carbonyl (C=O) groups excluding carboxylic acids is 2. The fraction of sp³-hybridized carbons (Fsp3) is 0.535. The summed E-state index contributed by atoms with van der Waals surface area (Å²) in [4.78, 5) is 33.8. The average Bonchev–Trinajstić information content (AvgIpc) is 3.47. The van der Waals surface area contributed by atoms with E-state index in [0.29, 0.717) is 52.2 Å². The molecule has 3 heterocycles. The SMILES string of the molecule is COC(=O)C(C)=CC(C1C(=O)C2(C)CC13Oc1c(CC=C(C)C)c4c(c(ONO)c1C1=C3C2C(C#N)C(=N)O1)C=CC(C)(CCC=C(C)C)O4)C(C)(C)C. The van der Waals surface area contributed by atoms with Crippen LogP contribution in [-0.4, -0.2) is 41.2 Å². The molecule has 2 saturated carbocycles. The van der Waals surface area contributed by atoms with Crippen LogP contribution in [0.2, 0.25) is 0 Å². The molecule has 0 amide bonds. The Morgan fingerprint density at radius 2 is 1.83 bits per heavy atom. The van der Waals surface area contributed by atoms with E-state index in [0.717, 1.165) is 12.0 Å². The van der Waals surface area contributed by atoms with Gasteiger partial charge < -0.3 is 23.8 Å². The van der Waals surface area contributed by atoms with Crippen LogP contribution in [0.5, 0.6) is 17.2 Å². The molecule has 0 saturated heterocycles. The second-order valence-electron chi connectivity index (χ2n) is 17.5. The smallest absolute Gasteiger partial charge is 0.333 e. The molecule has 3 N–H and O–H groups in total. The van der Waals surface area contributed by atoms with E-state index in [2.05, 4.69) is 32.1 Å². The highest BCUT2D eigenvalue weighted by Gasteiger charge is 2.78. The molecule has 288 valence electrons. The van der Waals surface area contributed by atoms with Crippen molar-refractivity contribution >= 4 is 29.5 Å². The van der Waals surface area contributed by atoms with Crippen LogP contribution >= 0.6 is 0 Å². The molecule has 0 radical (unpaired) electrons. The number of hydrogen-bond donors (Lipinski definition) is 3. The molecule has 7 atom stereocenters. The fourth-order valence-corrected chi connectivity index (χ4v) is 9.41. The van der Waals surface area contributed by atoms with Gasteiger partial charge in [0.05, 0.1) is 24.7 Å². The summed E-state index contributed by atoms with van der Waals surface area (Å²) in [6, 6.07) is 2.27. The van der Waals surface area contributed by atoms with Gasteiger partial charge in [-0.25, -0.2) is 4.79 Å². The molecule has 11 nitrogen and oxygen atoms in total. The van der Waals surface area contributed by atoms with Gasteiger partial charge in [-0.2, -0.15) is 5.26 Å². The van der Waals surface area contributed by atoms with Gasteiger partial charge in [0.25, 0.3) is 0 Å². The number of carbonyl (C=O) groups is 2. The summed E-state index contributed by atoms with van der Waals surface area (Å²) in [5.74, 6) is -2.67. The Morgan fingerprint density at radius 1 is 1.15 bits per heavy atom. The molecule has 1 aromatic rings. The van der Waals surface area contributed by atoms with Crippen LogP contribution in [0, 0.1) is 51.2 Å². The van der Waals surface area contributed by atoms with Crippen molar-refractivity contribution in [3.63, 3.8) is 0 Å². The summed E-state index contributed by atoms with van der Waals surface area (Å²) in [5.41, 5.74) is 3.03. The number of ketones is 1. The number of Topliss-reactive ketones (excluding diaryl/α,β-unsaturated/α-hetero) is 1. The third-order valence-electron chi connectivity index (χ3n) is 11.9. The number of methoxy groups -OCH3 is 1. The second kappa shape index (κ2) is 13.6. The van der Waals surface area contributed by atoms with Crippen molar-refractivity contribution in [2.24, 2.45) is 34.5 Å². The minimum absolute atomic E-state index is 0.0915. The van der Waals surface area contributed by atoms with Crippen LogP contribution < -0.4 is 20.0 Å². The van der Waals surface area contributed by atoms with E-state index in [1.165, 1.54) is 12.7 Å². The molecule has 11 heteroatoms. The van der Waals surface area contributed by atoms with Crippen LogP contribution in [0.4, 0.5) is 0 Å². The lowest BCUT2D eigenvalue weighted by Gasteiger charge is -2.51. The highest BCUT2D eigenvalue weighted by molar-refractivity contribution is 6.03. The fourth-order valence-electron chi connectivity index (χ4n) is 9.41. The molecule has 1 aromatic carbocycles. The maximum atomic E-state index is 15.2. The number of esters is 1. The first kappa shape index (κ1) is 39.0. The maximum Gasteiger partial charge on any atom is 0.333 e. The summed E-state index contributed by atoms with van der Waals surface area (Å²) < 4.78 is 25.9. The lowest BCUT2D eigenvalue weighted by atomic mass is 9.57.